The molecule has 1 heterocycles. The van der Waals surface area contributed by atoms with Gasteiger partial charge in [-0.25, -0.2) is 13.8 Å². The molecule has 0 bridgehead atoms. The van der Waals surface area contributed by atoms with Crippen molar-refractivity contribution in [3.05, 3.63) is 11.9 Å². The van der Waals surface area contributed by atoms with E-state index in [9.17, 15) is 8.78 Å². The van der Waals surface area contributed by atoms with Crippen molar-refractivity contribution >= 4 is 5.82 Å². The van der Waals surface area contributed by atoms with Gasteiger partial charge in [-0.15, -0.1) is 0 Å². The molecule has 15 heavy (non-hydrogen) atoms. The van der Waals surface area contributed by atoms with Crippen LogP contribution in [0.2, 0.25) is 0 Å². The highest BCUT2D eigenvalue weighted by molar-refractivity contribution is 5.37. The molecule has 0 aromatic carbocycles. The van der Waals surface area contributed by atoms with Crippen molar-refractivity contribution in [3.63, 3.8) is 0 Å². The SMILES string of the molecule is CCc1nc(NC)cc(OCC(F)F)n1. The van der Waals surface area contributed by atoms with Gasteiger partial charge in [0.25, 0.3) is 6.43 Å². The normalized spacial score (nSPS) is 10.5. The van der Waals surface area contributed by atoms with Crippen molar-refractivity contribution in [2.75, 3.05) is 19.0 Å². The van der Waals surface area contributed by atoms with E-state index in [4.69, 9.17) is 4.74 Å². The average molecular weight is 217 g/mol. The lowest BCUT2D eigenvalue weighted by Gasteiger charge is -2.07. The Bertz CT molecular complexity index is 298. The number of halogens is 2. The zero-order chi connectivity index (χ0) is 11.3. The average Bonchev–Trinajstić information content (AvgIpc) is 2.25. The number of nitrogens with one attached hydrogen (secondary N) is 1. The maximum Gasteiger partial charge on any atom is 0.272 e. The summed E-state index contributed by atoms with van der Waals surface area (Å²) in [6, 6.07) is 1.49. The number of ether oxygens (including phenoxy) is 1. The first-order chi connectivity index (χ1) is 7.15. The minimum atomic E-state index is -2.50. The quantitative estimate of drug-likeness (QED) is 0.815. The number of anilines is 1. The minimum absolute atomic E-state index is 0.173. The van der Waals surface area contributed by atoms with Gasteiger partial charge in [0.2, 0.25) is 5.88 Å². The molecule has 0 radical (unpaired) electrons. The van der Waals surface area contributed by atoms with E-state index < -0.39 is 13.0 Å². The van der Waals surface area contributed by atoms with E-state index in [2.05, 4.69) is 15.3 Å². The van der Waals surface area contributed by atoms with E-state index in [0.717, 1.165) is 0 Å². The fraction of sp³-hybridized carbons (Fsp3) is 0.556. The van der Waals surface area contributed by atoms with Crippen LogP contribution in [0.4, 0.5) is 14.6 Å². The number of hydrogen-bond acceptors (Lipinski definition) is 4. The van der Waals surface area contributed by atoms with Crippen LogP contribution < -0.4 is 10.1 Å². The molecule has 0 aliphatic rings. The Balaban J connectivity index is 2.77. The van der Waals surface area contributed by atoms with Gasteiger partial charge >= 0.3 is 0 Å². The summed E-state index contributed by atoms with van der Waals surface area (Å²) in [6.45, 7) is 1.23. The Labute approximate surface area is 86.7 Å². The summed E-state index contributed by atoms with van der Waals surface area (Å²) in [6.07, 6.45) is -1.87. The van der Waals surface area contributed by atoms with E-state index in [1.165, 1.54) is 6.07 Å². The molecule has 1 aromatic heterocycles. The predicted octanol–water partition coefficient (Wildman–Crippen LogP) is 1.72. The maximum atomic E-state index is 11.9. The first-order valence-electron chi connectivity index (χ1n) is 4.62. The third-order valence-electron chi connectivity index (χ3n) is 1.68. The molecule has 0 saturated carbocycles. The van der Waals surface area contributed by atoms with Crippen molar-refractivity contribution in [2.45, 2.75) is 19.8 Å². The number of rotatable bonds is 5. The number of alkyl halides is 2. The van der Waals surface area contributed by atoms with Crippen molar-refractivity contribution in [3.8, 4) is 5.88 Å². The van der Waals surface area contributed by atoms with Crippen molar-refractivity contribution in [1.82, 2.24) is 9.97 Å². The lowest BCUT2D eigenvalue weighted by molar-refractivity contribution is 0.0794. The van der Waals surface area contributed by atoms with E-state index in [1.54, 1.807) is 7.05 Å². The van der Waals surface area contributed by atoms with Gasteiger partial charge in [0.1, 0.15) is 11.6 Å². The summed E-state index contributed by atoms with van der Waals surface area (Å²) in [5.41, 5.74) is 0. The van der Waals surface area contributed by atoms with Gasteiger partial charge in [-0.2, -0.15) is 4.98 Å². The standard InChI is InChI=1S/C9H13F2N3O/c1-3-7-13-8(12-2)4-9(14-7)15-5-6(10)11/h4,6H,3,5H2,1-2H3,(H,12,13,14). The molecule has 1 rings (SSSR count). The lowest BCUT2D eigenvalue weighted by atomic mass is 10.4. The van der Waals surface area contributed by atoms with Crippen LogP contribution in [0, 0.1) is 0 Å². The largest absolute Gasteiger partial charge is 0.471 e. The molecule has 0 atom stereocenters. The van der Waals surface area contributed by atoms with Gasteiger partial charge in [0.15, 0.2) is 6.61 Å². The molecule has 0 aliphatic heterocycles. The molecule has 4 nitrogen and oxygen atoms in total. The van der Waals surface area contributed by atoms with E-state index in [-0.39, 0.29) is 5.88 Å². The highest BCUT2D eigenvalue weighted by Crippen LogP contribution is 2.14. The molecule has 0 unspecified atom stereocenters. The zero-order valence-corrected chi connectivity index (χ0v) is 8.63. The summed E-state index contributed by atoms with van der Waals surface area (Å²) in [4.78, 5) is 8.07. The van der Waals surface area contributed by atoms with Gasteiger partial charge in [0.05, 0.1) is 0 Å². The van der Waals surface area contributed by atoms with Crippen molar-refractivity contribution in [1.29, 1.82) is 0 Å². The summed E-state index contributed by atoms with van der Waals surface area (Å²) in [5, 5.41) is 2.81. The molecule has 1 aromatic rings. The number of nitrogens with zero attached hydrogens (tertiary/aromatic N) is 2. The van der Waals surface area contributed by atoms with Crippen LogP contribution in [0.5, 0.6) is 5.88 Å². The molecule has 1 N–H and O–H groups in total. The van der Waals surface area contributed by atoms with Crippen LogP contribution in [0.15, 0.2) is 6.07 Å². The molecular weight excluding hydrogens is 204 g/mol. The highest BCUT2D eigenvalue weighted by atomic mass is 19.3. The fourth-order valence-electron chi connectivity index (χ4n) is 0.981. The second-order valence-corrected chi connectivity index (χ2v) is 2.81. The molecule has 0 spiro atoms. The first kappa shape index (κ1) is 11.6. The van der Waals surface area contributed by atoms with Gasteiger partial charge in [-0.1, -0.05) is 6.92 Å². The van der Waals surface area contributed by atoms with Crippen molar-refractivity contribution in [2.24, 2.45) is 0 Å². The molecule has 0 aliphatic carbocycles. The molecule has 0 saturated heterocycles. The Morgan fingerprint density at radius 1 is 1.47 bits per heavy atom. The van der Waals surface area contributed by atoms with Gasteiger partial charge in [-0.3, -0.25) is 0 Å². The Kier molecular flexibility index (Phi) is 4.20. The van der Waals surface area contributed by atoms with E-state index >= 15 is 0 Å². The number of aromatic nitrogens is 2. The Morgan fingerprint density at radius 3 is 2.73 bits per heavy atom. The zero-order valence-electron chi connectivity index (χ0n) is 8.63. The van der Waals surface area contributed by atoms with Crippen LogP contribution >= 0.6 is 0 Å². The maximum absolute atomic E-state index is 11.9. The minimum Gasteiger partial charge on any atom is -0.471 e. The lowest BCUT2D eigenvalue weighted by Crippen LogP contribution is -2.09. The van der Waals surface area contributed by atoms with Crippen LogP contribution in [0.1, 0.15) is 12.7 Å². The van der Waals surface area contributed by atoms with Gasteiger partial charge in [-0.05, 0) is 0 Å². The summed E-state index contributed by atoms with van der Waals surface area (Å²) in [5.74, 6) is 1.30. The third kappa shape index (κ3) is 3.65. The van der Waals surface area contributed by atoms with Crippen LogP contribution in [-0.2, 0) is 6.42 Å². The molecule has 0 fully saturated rings. The van der Waals surface area contributed by atoms with Crippen LogP contribution in [0.25, 0.3) is 0 Å². The third-order valence-corrected chi connectivity index (χ3v) is 1.68. The monoisotopic (exact) mass is 217 g/mol. The van der Waals surface area contributed by atoms with E-state index in [0.29, 0.717) is 18.1 Å². The van der Waals surface area contributed by atoms with Crippen molar-refractivity contribution < 1.29 is 13.5 Å². The van der Waals surface area contributed by atoms with Crippen LogP contribution in [0.3, 0.4) is 0 Å². The van der Waals surface area contributed by atoms with E-state index in [1.807, 2.05) is 6.92 Å². The number of hydrogen-bond donors (Lipinski definition) is 1. The molecule has 6 heteroatoms. The predicted molar refractivity (Wildman–Crippen MR) is 52.5 cm³/mol. The first-order valence-corrected chi connectivity index (χ1v) is 4.62. The summed E-state index contributed by atoms with van der Waals surface area (Å²) < 4.78 is 28.6. The smallest absolute Gasteiger partial charge is 0.272 e. The van der Waals surface area contributed by atoms with Gasteiger partial charge in [0, 0.05) is 19.5 Å². The highest BCUT2D eigenvalue weighted by Gasteiger charge is 2.07. The molecule has 0 amide bonds. The summed E-state index contributed by atoms with van der Waals surface area (Å²) >= 11 is 0. The number of aryl methyl sites for hydroxylation is 1. The van der Waals surface area contributed by atoms with Crippen LogP contribution in [-0.4, -0.2) is 30.0 Å². The Morgan fingerprint density at radius 2 is 2.20 bits per heavy atom. The Hall–Kier alpha value is -1.46. The topological polar surface area (TPSA) is 47.0 Å². The molecule has 84 valence electrons. The second-order valence-electron chi connectivity index (χ2n) is 2.81. The molecular formula is C9H13F2N3O. The fourth-order valence-corrected chi connectivity index (χ4v) is 0.981. The second kappa shape index (κ2) is 5.43. The van der Waals surface area contributed by atoms with Gasteiger partial charge < -0.3 is 10.1 Å². The summed E-state index contributed by atoms with van der Waals surface area (Å²) in [7, 11) is 1.69.